The van der Waals surface area contributed by atoms with Crippen molar-refractivity contribution >= 4 is 28.3 Å². The third kappa shape index (κ3) is 2.54. The average Bonchev–Trinajstić information content (AvgIpc) is 3.04. The number of fused-ring (bicyclic) bond motifs is 1. The molecule has 5 nitrogen and oxygen atoms in total. The van der Waals surface area contributed by atoms with E-state index in [2.05, 4.69) is 29.4 Å². The summed E-state index contributed by atoms with van der Waals surface area (Å²) in [6.07, 6.45) is 0.810. The number of nitrogens with zero attached hydrogens (tertiary/aromatic N) is 3. The summed E-state index contributed by atoms with van der Waals surface area (Å²) in [7, 11) is 0. The molecule has 1 N–H and O–H groups in total. The second-order valence-electron chi connectivity index (χ2n) is 5.08. The lowest BCUT2D eigenvalue weighted by atomic mass is 10.1. The number of aromatic nitrogens is 3. The van der Waals surface area contributed by atoms with Gasteiger partial charge in [0.25, 0.3) is 0 Å². The number of benzene rings is 1. The predicted molar refractivity (Wildman–Crippen MR) is 82.0 cm³/mol. The monoisotopic (exact) mass is 301 g/mol. The first-order chi connectivity index (χ1) is 10.1. The molecule has 0 radical (unpaired) electrons. The van der Waals surface area contributed by atoms with Gasteiger partial charge >= 0.3 is 5.97 Å². The summed E-state index contributed by atoms with van der Waals surface area (Å²) in [5.41, 5.74) is 1.45. The van der Waals surface area contributed by atoms with Crippen LogP contribution in [0, 0.1) is 6.92 Å². The first-order valence-corrected chi connectivity index (χ1v) is 7.50. The van der Waals surface area contributed by atoms with Gasteiger partial charge in [-0.05, 0) is 38.1 Å². The highest BCUT2D eigenvalue weighted by molar-refractivity contribution is 7.11. The van der Waals surface area contributed by atoms with Gasteiger partial charge in [0.2, 0.25) is 0 Å². The van der Waals surface area contributed by atoms with Crippen LogP contribution in [0.15, 0.2) is 30.3 Å². The van der Waals surface area contributed by atoms with E-state index in [1.54, 1.807) is 34.2 Å². The van der Waals surface area contributed by atoms with E-state index in [1.165, 1.54) is 9.75 Å². The number of carbonyl (C=O) groups is 1. The molecule has 2 aromatic heterocycles. The Morgan fingerprint density at radius 2 is 2.19 bits per heavy atom. The SMILES string of the molecule is Cc1ccc(CC(C)n2nnc3cccc(C(=O)O)c32)s1. The van der Waals surface area contributed by atoms with Gasteiger partial charge in [0, 0.05) is 16.2 Å². The molecule has 1 atom stereocenters. The predicted octanol–water partition coefficient (Wildman–Crippen LogP) is 3.30. The maximum absolute atomic E-state index is 11.4. The number of carboxylic acid groups (broad SMARTS) is 1. The molecule has 0 fully saturated rings. The molecule has 3 aromatic rings. The highest BCUT2D eigenvalue weighted by atomic mass is 32.1. The molecule has 0 saturated heterocycles. The van der Waals surface area contributed by atoms with Crippen molar-refractivity contribution < 1.29 is 9.90 Å². The molecule has 108 valence electrons. The fraction of sp³-hybridized carbons (Fsp3) is 0.267. The second kappa shape index (κ2) is 5.29. The number of thiophene rings is 1. The molecule has 1 aromatic carbocycles. The third-order valence-corrected chi connectivity index (χ3v) is 4.46. The Morgan fingerprint density at radius 3 is 2.86 bits per heavy atom. The van der Waals surface area contributed by atoms with Crippen LogP contribution in [0.4, 0.5) is 0 Å². The molecule has 0 aliphatic rings. The molecule has 1 unspecified atom stereocenters. The Morgan fingerprint density at radius 1 is 1.38 bits per heavy atom. The first kappa shape index (κ1) is 13.8. The molecule has 0 spiro atoms. The number of para-hydroxylation sites is 1. The lowest BCUT2D eigenvalue weighted by Crippen LogP contribution is -2.11. The van der Waals surface area contributed by atoms with Crippen LogP contribution in [-0.4, -0.2) is 26.1 Å². The Kier molecular flexibility index (Phi) is 3.47. The normalized spacial score (nSPS) is 12.7. The molecule has 21 heavy (non-hydrogen) atoms. The largest absolute Gasteiger partial charge is 0.478 e. The van der Waals surface area contributed by atoms with Crippen molar-refractivity contribution in [2.45, 2.75) is 26.3 Å². The van der Waals surface area contributed by atoms with Crippen LogP contribution >= 0.6 is 11.3 Å². The topological polar surface area (TPSA) is 68.0 Å². The standard InChI is InChI=1S/C15H15N3O2S/c1-9(8-11-7-6-10(2)21-11)18-14-12(15(19)20)4-3-5-13(14)16-17-18/h3-7,9H,8H2,1-2H3,(H,19,20). The smallest absolute Gasteiger partial charge is 0.337 e. The summed E-state index contributed by atoms with van der Waals surface area (Å²) >= 11 is 1.75. The van der Waals surface area contributed by atoms with Gasteiger partial charge in [0.05, 0.1) is 11.6 Å². The van der Waals surface area contributed by atoms with Crippen molar-refractivity contribution in [1.29, 1.82) is 0 Å². The van der Waals surface area contributed by atoms with Gasteiger partial charge in [-0.3, -0.25) is 0 Å². The number of aromatic carboxylic acids is 1. The van der Waals surface area contributed by atoms with Crippen molar-refractivity contribution in [1.82, 2.24) is 15.0 Å². The molecule has 0 amide bonds. The number of aryl methyl sites for hydroxylation is 1. The van der Waals surface area contributed by atoms with Crippen molar-refractivity contribution in [2.75, 3.05) is 0 Å². The van der Waals surface area contributed by atoms with Gasteiger partial charge in [0.15, 0.2) is 0 Å². The van der Waals surface area contributed by atoms with E-state index < -0.39 is 5.97 Å². The van der Waals surface area contributed by atoms with Gasteiger partial charge in [0.1, 0.15) is 11.0 Å². The number of rotatable bonds is 4. The van der Waals surface area contributed by atoms with E-state index in [4.69, 9.17) is 0 Å². The minimum absolute atomic E-state index is 0.0496. The zero-order valence-electron chi connectivity index (χ0n) is 11.8. The van der Waals surface area contributed by atoms with Crippen LogP contribution in [0.2, 0.25) is 0 Å². The van der Waals surface area contributed by atoms with Crippen LogP contribution in [0.1, 0.15) is 33.1 Å². The number of carboxylic acids is 1. The zero-order chi connectivity index (χ0) is 15.0. The molecule has 0 bridgehead atoms. The fourth-order valence-electron chi connectivity index (χ4n) is 2.45. The molecule has 0 aliphatic heterocycles. The van der Waals surface area contributed by atoms with Crippen LogP contribution in [-0.2, 0) is 6.42 Å². The Bertz CT molecular complexity index is 806. The van der Waals surface area contributed by atoms with Gasteiger partial charge in [-0.15, -0.1) is 16.4 Å². The third-order valence-electron chi connectivity index (χ3n) is 3.43. The minimum atomic E-state index is -0.955. The summed E-state index contributed by atoms with van der Waals surface area (Å²) < 4.78 is 1.72. The van der Waals surface area contributed by atoms with E-state index in [9.17, 15) is 9.90 Å². The molecule has 0 saturated carbocycles. The molecule has 2 heterocycles. The van der Waals surface area contributed by atoms with Gasteiger partial charge < -0.3 is 5.11 Å². The Hall–Kier alpha value is -2.21. The quantitative estimate of drug-likeness (QED) is 0.802. The van der Waals surface area contributed by atoms with E-state index in [-0.39, 0.29) is 11.6 Å². The van der Waals surface area contributed by atoms with Crippen LogP contribution in [0.3, 0.4) is 0 Å². The lowest BCUT2D eigenvalue weighted by molar-refractivity contribution is 0.0698. The minimum Gasteiger partial charge on any atom is -0.478 e. The van der Waals surface area contributed by atoms with Crippen molar-refractivity contribution in [2.24, 2.45) is 0 Å². The van der Waals surface area contributed by atoms with E-state index >= 15 is 0 Å². The Balaban J connectivity index is 2.01. The fourth-order valence-corrected chi connectivity index (χ4v) is 3.46. The molecular formula is C15H15N3O2S. The van der Waals surface area contributed by atoms with E-state index in [1.807, 2.05) is 6.92 Å². The summed E-state index contributed by atoms with van der Waals surface area (Å²) in [4.78, 5) is 13.9. The Labute approximate surface area is 125 Å². The first-order valence-electron chi connectivity index (χ1n) is 6.69. The summed E-state index contributed by atoms with van der Waals surface area (Å²) in [5.74, 6) is -0.955. The lowest BCUT2D eigenvalue weighted by Gasteiger charge is -2.12. The molecule has 6 heteroatoms. The molecular weight excluding hydrogens is 286 g/mol. The maximum atomic E-state index is 11.4. The van der Waals surface area contributed by atoms with Gasteiger partial charge in [-0.1, -0.05) is 11.3 Å². The summed E-state index contributed by atoms with van der Waals surface area (Å²) in [6, 6.07) is 9.31. The summed E-state index contributed by atoms with van der Waals surface area (Å²) in [6.45, 7) is 4.11. The number of hydrogen-bond acceptors (Lipinski definition) is 4. The summed E-state index contributed by atoms with van der Waals surface area (Å²) in [5, 5.41) is 17.6. The van der Waals surface area contributed by atoms with Crippen LogP contribution < -0.4 is 0 Å². The zero-order valence-corrected chi connectivity index (χ0v) is 12.6. The van der Waals surface area contributed by atoms with E-state index in [0.717, 1.165) is 6.42 Å². The van der Waals surface area contributed by atoms with Crippen LogP contribution in [0.5, 0.6) is 0 Å². The second-order valence-corrected chi connectivity index (χ2v) is 6.45. The average molecular weight is 301 g/mol. The van der Waals surface area contributed by atoms with Gasteiger partial charge in [-0.25, -0.2) is 9.48 Å². The van der Waals surface area contributed by atoms with Crippen molar-refractivity contribution in [3.8, 4) is 0 Å². The molecule has 3 rings (SSSR count). The maximum Gasteiger partial charge on any atom is 0.337 e. The van der Waals surface area contributed by atoms with E-state index in [0.29, 0.717) is 11.0 Å². The van der Waals surface area contributed by atoms with Crippen LogP contribution in [0.25, 0.3) is 11.0 Å². The van der Waals surface area contributed by atoms with Crippen molar-refractivity contribution in [3.63, 3.8) is 0 Å². The van der Waals surface area contributed by atoms with Gasteiger partial charge in [-0.2, -0.15) is 0 Å². The highest BCUT2D eigenvalue weighted by Gasteiger charge is 2.18. The highest BCUT2D eigenvalue weighted by Crippen LogP contribution is 2.25. The number of hydrogen-bond donors (Lipinski definition) is 1. The van der Waals surface area contributed by atoms with Crippen molar-refractivity contribution in [3.05, 3.63) is 45.6 Å². The molecule has 0 aliphatic carbocycles.